The Balaban J connectivity index is 1.93. The summed E-state index contributed by atoms with van der Waals surface area (Å²) < 4.78 is 0. The first kappa shape index (κ1) is 11.8. The molecule has 0 radical (unpaired) electrons. The molecule has 1 heterocycles. The lowest BCUT2D eigenvalue weighted by atomic mass is 9.93. The van der Waals surface area contributed by atoms with E-state index in [9.17, 15) is 4.79 Å². The maximum Gasteiger partial charge on any atom is 0.226 e. The number of hydrogen-bond donors (Lipinski definition) is 0. The zero-order chi connectivity index (χ0) is 12.1. The third kappa shape index (κ3) is 3.16. The lowest BCUT2D eigenvalue weighted by Crippen LogP contribution is -2.32. The second kappa shape index (κ2) is 5.62. The number of carbonyl (C=O) groups is 1. The van der Waals surface area contributed by atoms with Crippen molar-refractivity contribution in [3.63, 3.8) is 0 Å². The summed E-state index contributed by atoms with van der Waals surface area (Å²) in [6, 6.07) is 3.90. The van der Waals surface area contributed by atoms with Crippen LogP contribution in [0.15, 0.2) is 36.7 Å². The van der Waals surface area contributed by atoms with Crippen LogP contribution in [0.25, 0.3) is 0 Å². The van der Waals surface area contributed by atoms with E-state index < -0.39 is 0 Å². The SMILES string of the molecule is CN(Cc1cccnc1)C(=O)C1CC=CCC1. The molecular formula is C14H18N2O. The van der Waals surface area contributed by atoms with Crippen molar-refractivity contribution < 1.29 is 4.79 Å². The van der Waals surface area contributed by atoms with Crippen LogP contribution in [0.5, 0.6) is 0 Å². The highest BCUT2D eigenvalue weighted by molar-refractivity contribution is 5.78. The van der Waals surface area contributed by atoms with Gasteiger partial charge in [-0.3, -0.25) is 9.78 Å². The summed E-state index contributed by atoms with van der Waals surface area (Å²) in [6.45, 7) is 0.646. The zero-order valence-corrected chi connectivity index (χ0v) is 10.2. The monoisotopic (exact) mass is 230 g/mol. The normalized spacial score (nSPS) is 19.0. The van der Waals surface area contributed by atoms with Gasteiger partial charge >= 0.3 is 0 Å². The summed E-state index contributed by atoms with van der Waals surface area (Å²) in [7, 11) is 1.87. The van der Waals surface area contributed by atoms with Crippen LogP contribution in [0.1, 0.15) is 24.8 Å². The Morgan fingerprint density at radius 3 is 3.06 bits per heavy atom. The minimum Gasteiger partial charge on any atom is -0.341 e. The van der Waals surface area contributed by atoms with Crippen molar-refractivity contribution in [3.05, 3.63) is 42.2 Å². The van der Waals surface area contributed by atoms with Crippen LogP contribution >= 0.6 is 0 Å². The first-order chi connectivity index (χ1) is 8.27. The Labute approximate surface area is 102 Å². The van der Waals surface area contributed by atoms with Crippen molar-refractivity contribution in [1.82, 2.24) is 9.88 Å². The number of carbonyl (C=O) groups excluding carboxylic acids is 1. The van der Waals surface area contributed by atoms with Crippen LogP contribution in [0.3, 0.4) is 0 Å². The molecular weight excluding hydrogens is 212 g/mol. The molecule has 0 saturated heterocycles. The summed E-state index contributed by atoms with van der Waals surface area (Å²) in [5, 5.41) is 0. The van der Waals surface area contributed by atoms with Gasteiger partial charge in [0.1, 0.15) is 0 Å². The molecule has 0 aromatic carbocycles. The van der Waals surface area contributed by atoms with Gasteiger partial charge in [-0.15, -0.1) is 0 Å². The Hall–Kier alpha value is -1.64. The Morgan fingerprint density at radius 1 is 1.53 bits per heavy atom. The van der Waals surface area contributed by atoms with E-state index in [0.717, 1.165) is 24.8 Å². The molecule has 2 rings (SSSR count). The molecule has 0 aliphatic heterocycles. The van der Waals surface area contributed by atoms with Crippen LogP contribution < -0.4 is 0 Å². The number of hydrogen-bond acceptors (Lipinski definition) is 2. The highest BCUT2D eigenvalue weighted by Gasteiger charge is 2.21. The van der Waals surface area contributed by atoms with E-state index in [0.29, 0.717) is 6.54 Å². The van der Waals surface area contributed by atoms with Crippen molar-refractivity contribution in [2.45, 2.75) is 25.8 Å². The second-order valence-corrected chi connectivity index (χ2v) is 4.54. The Kier molecular flexibility index (Phi) is 3.91. The summed E-state index contributed by atoms with van der Waals surface area (Å²) in [4.78, 5) is 18.0. The standard InChI is InChI=1S/C14H18N2O/c1-16(11-12-6-5-9-15-10-12)14(17)13-7-3-2-4-8-13/h2-3,5-6,9-10,13H,4,7-8,11H2,1H3. The molecule has 1 aliphatic carbocycles. The first-order valence-corrected chi connectivity index (χ1v) is 6.06. The lowest BCUT2D eigenvalue weighted by molar-refractivity contribution is -0.135. The number of amides is 1. The summed E-state index contributed by atoms with van der Waals surface area (Å²) in [5.74, 6) is 0.417. The molecule has 1 atom stereocenters. The van der Waals surface area contributed by atoms with E-state index in [4.69, 9.17) is 0 Å². The number of nitrogens with zero attached hydrogens (tertiary/aromatic N) is 2. The van der Waals surface area contributed by atoms with E-state index in [1.807, 2.05) is 25.4 Å². The molecule has 0 spiro atoms. The Morgan fingerprint density at radius 2 is 2.41 bits per heavy atom. The van der Waals surface area contributed by atoms with Crippen LogP contribution in [0.2, 0.25) is 0 Å². The maximum absolute atomic E-state index is 12.2. The van der Waals surface area contributed by atoms with E-state index in [1.165, 1.54) is 0 Å². The molecule has 17 heavy (non-hydrogen) atoms. The summed E-state index contributed by atoms with van der Waals surface area (Å²) in [6.07, 6.45) is 10.7. The van der Waals surface area contributed by atoms with Crippen LogP contribution in [0, 0.1) is 5.92 Å². The van der Waals surface area contributed by atoms with Crippen LogP contribution in [0.4, 0.5) is 0 Å². The molecule has 0 fully saturated rings. The lowest BCUT2D eigenvalue weighted by Gasteiger charge is -2.24. The molecule has 1 amide bonds. The third-order valence-corrected chi connectivity index (χ3v) is 3.14. The van der Waals surface area contributed by atoms with Gasteiger partial charge in [-0.25, -0.2) is 0 Å². The Bertz CT molecular complexity index is 400. The number of rotatable bonds is 3. The van der Waals surface area contributed by atoms with Gasteiger partial charge in [0.05, 0.1) is 0 Å². The molecule has 90 valence electrons. The number of allylic oxidation sites excluding steroid dienone is 2. The predicted octanol–water partition coefficient (Wildman–Crippen LogP) is 2.40. The second-order valence-electron chi connectivity index (χ2n) is 4.54. The molecule has 1 unspecified atom stereocenters. The highest BCUT2D eigenvalue weighted by Crippen LogP contribution is 2.20. The molecule has 3 nitrogen and oxygen atoms in total. The molecule has 1 aliphatic rings. The van der Waals surface area contributed by atoms with Gasteiger partial charge in [0.2, 0.25) is 5.91 Å². The largest absolute Gasteiger partial charge is 0.341 e. The van der Waals surface area contributed by atoms with Crippen LogP contribution in [-0.2, 0) is 11.3 Å². The number of aromatic nitrogens is 1. The summed E-state index contributed by atoms with van der Waals surface area (Å²) in [5.41, 5.74) is 1.08. The van der Waals surface area contributed by atoms with Gasteiger partial charge in [-0.2, -0.15) is 0 Å². The predicted molar refractivity (Wildman–Crippen MR) is 67.2 cm³/mol. The average Bonchev–Trinajstić information content (AvgIpc) is 2.40. The fourth-order valence-corrected chi connectivity index (χ4v) is 2.17. The molecule has 1 aromatic heterocycles. The highest BCUT2D eigenvalue weighted by atomic mass is 16.2. The molecule has 1 aromatic rings. The van der Waals surface area contributed by atoms with Gasteiger partial charge < -0.3 is 4.90 Å². The fourth-order valence-electron chi connectivity index (χ4n) is 2.17. The summed E-state index contributed by atoms with van der Waals surface area (Å²) >= 11 is 0. The van der Waals surface area contributed by atoms with Crippen LogP contribution in [-0.4, -0.2) is 22.8 Å². The van der Waals surface area contributed by atoms with Crippen molar-refractivity contribution in [2.75, 3.05) is 7.05 Å². The molecule has 0 saturated carbocycles. The fraction of sp³-hybridized carbons (Fsp3) is 0.429. The minimum absolute atomic E-state index is 0.168. The van der Waals surface area contributed by atoms with Crippen molar-refractivity contribution in [2.24, 2.45) is 5.92 Å². The number of pyridine rings is 1. The minimum atomic E-state index is 0.168. The van der Waals surface area contributed by atoms with Crippen molar-refractivity contribution in [1.29, 1.82) is 0 Å². The first-order valence-electron chi connectivity index (χ1n) is 6.06. The van der Waals surface area contributed by atoms with Crippen molar-refractivity contribution in [3.8, 4) is 0 Å². The molecule has 0 N–H and O–H groups in total. The van der Waals surface area contributed by atoms with E-state index in [-0.39, 0.29) is 11.8 Å². The third-order valence-electron chi connectivity index (χ3n) is 3.14. The average molecular weight is 230 g/mol. The van der Waals surface area contributed by atoms with Gasteiger partial charge in [-0.1, -0.05) is 18.2 Å². The van der Waals surface area contributed by atoms with Crippen molar-refractivity contribution >= 4 is 5.91 Å². The zero-order valence-electron chi connectivity index (χ0n) is 10.2. The maximum atomic E-state index is 12.2. The van der Waals surface area contributed by atoms with E-state index >= 15 is 0 Å². The van der Waals surface area contributed by atoms with E-state index in [1.54, 1.807) is 11.1 Å². The smallest absolute Gasteiger partial charge is 0.226 e. The van der Waals surface area contributed by atoms with Gasteiger partial charge in [0.25, 0.3) is 0 Å². The topological polar surface area (TPSA) is 33.2 Å². The van der Waals surface area contributed by atoms with E-state index in [2.05, 4.69) is 17.1 Å². The molecule has 3 heteroatoms. The molecule has 0 bridgehead atoms. The van der Waals surface area contributed by atoms with Gasteiger partial charge in [0, 0.05) is 31.9 Å². The quantitative estimate of drug-likeness (QED) is 0.747. The van der Waals surface area contributed by atoms with Gasteiger partial charge in [-0.05, 0) is 30.9 Å². The van der Waals surface area contributed by atoms with Gasteiger partial charge in [0.15, 0.2) is 0 Å².